The molecule has 0 unspecified atom stereocenters. The van der Waals surface area contributed by atoms with Gasteiger partial charge in [-0.1, -0.05) is 72.8 Å². The van der Waals surface area contributed by atoms with Gasteiger partial charge in [0.15, 0.2) is 5.11 Å². The van der Waals surface area contributed by atoms with E-state index in [1.165, 1.54) is 11.1 Å². The van der Waals surface area contributed by atoms with Gasteiger partial charge in [0.25, 0.3) is 5.91 Å². The molecule has 1 atom stereocenters. The molecule has 4 nitrogen and oxygen atoms in total. The zero-order valence-corrected chi connectivity index (χ0v) is 17.5. The Bertz CT molecular complexity index is 1010. The number of carbonyl (C=O) groups excluding carboxylic acids is 1. The Morgan fingerprint density at radius 2 is 1.63 bits per heavy atom. The quantitative estimate of drug-likeness (QED) is 0.621. The zero-order chi connectivity index (χ0) is 20.8. The van der Waals surface area contributed by atoms with Gasteiger partial charge in [-0.2, -0.15) is 0 Å². The molecule has 1 N–H and O–H groups in total. The molecule has 1 heterocycles. The summed E-state index contributed by atoms with van der Waals surface area (Å²) in [5.74, 6) is -0.205. The molecule has 30 heavy (non-hydrogen) atoms. The highest BCUT2D eigenvalue weighted by molar-refractivity contribution is 7.80. The summed E-state index contributed by atoms with van der Waals surface area (Å²) in [4.78, 5) is 14.7. The van der Waals surface area contributed by atoms with Crippen molar-refractivity contribution in [3.8, 4) is 0 Å². The van der Waals surface area contributed by atoms with E-state index in [1.54, 1.807) is 12.1 Å². The summed E-state index contributed by atoms with van der Waals surface area (Å²) in [6.45, 7) is 1.85. The van der Waals surface area contributed by atoms with Crippen molar-refractivity contribution in [2.45, 2.75) is 19.1 Å². The van der Waals surface area contributed by atoms with Crippen LogP contribution in [0.15, 0.2) is 84.9 Å². The molecular formula is C25H24N2O2S. The van der Waals surface area contributed by atoms with Crippen LogP contribution in [0, 0.1) is 0 Å². The number of ether oxygens (including phenoxy) is 1. The van der Waals surface area contributed by atoms with Gasteiger partial charge < -0.3 is 9.64 Å². The van der Waals surface area contributed by atoms with Crippen molar-refractivity contribution in [2.24, 2.45) is 0 Å². The van der Waals surface area contributed by atoms with Crippen LogP contribution in [0.3, 0.4) is 0 Å². The molecule has 152 valence electrons. The highest BCUT2D eigenvalue weighted by atomic mass is 32.1. The van der Waals surface area contributed by atoms with Crippen LogP contribution in [0.2, 0.25) is 0 Å². The van der Waals surface area contributed by atoms with Crippen molar-refractivity contribution in [1.82, 2.24) is 10.2 Å². The van der Waals surface area contributed by atoms with E-state index in [0.717, 1.165) is 12.0 Å². The highest BCUT2D eigenvalue weighted by Crippen LogP contribution is 2.28. The maximum Gasteiger partial charge on any atom is 0.257 e. The van der Waals surface area contributed by atoms with Crippen LogP contribution >= 0.6 is 12.2 Å². The smallest absolute Gasteiger partial charge is 0.257 e. The summed E-state index contributed by atoms with van der Waals surface area (Å²) in [5.41, 5.74) is 4.21. The largest absolute Gasteiger partial charge is 0.371 e. The Hall–Kier alpha value is -3.02. The molecule has 0 radical (unpaired) electrons. The van der Waals surface area contributed by atoms with Gasteiger partial charge in [0.05, 0.1) is 13.2 Å². The highest BCUT2D eigenvalue weighted by Gasteiger charge is 2.25. The fourth-order valence-electron chi connectivity index (χ4n) is 3.69. The second-order valence-electron chi connectivity index (χ2n) is 7.30. The lowest BCUT2D eigenvalue weighted by molar-refractivity contribution is 0.0270. The SMILES string of the molecule is O=C(NC(=S)N(Cc1ccccc1)C[C@H]1OCCc2ccccc21)c1ccccc1. The van der Waals surface area contributed by atoms with E-state index < -0.39 is 0 Å². The molecule has 1 amide bonds. The molecule has 4 rings (SSSR count). The lowest BCUT2D eigenvalue weighted by atomic mass is 9.97. The van der Waals surface area contributed by atoms with E-state index in [9.17, 15) is 4.79 Å². The van der Waals surface area contributed by atoms with Gasteiger partial charge >= 0.3 is 0 Å². The third-order valence-electron chi connectivity index (χ3n) is 5.24. The zero-order valence-electron chi connectivity index (χ0n) is 16.7. The fraction of sp³-hybridized carbons (Fsp3) is 0.200. The van der Waals surface area contributed by atoms with Gasteiger partial charge in [0, 0.05) is 12.1 Å². The number of fused-ring (bicyclic) bond motifs is 1. The first-order valence-electron chi connectivity index (χ1n) is 10.1. The van der Waals surface area contributed by atoms with Gasteiger partial charge in [0.2, 0.25) is 0 Å². The normalized spacial score (nSPS) is 15.1. The summed E-state index contributed by atoms with van der Waals surface area (Å²) in [5, 5.41) is 3.30. The number of thiocarbonyl (C=S) groups is 1. The number of rotatable bonds is 5. The molecule has 3 aromatic carbocycles. The number of hydrogen-bond donors (Lipinski definition) is 1. The Balaban J connectivity index is 1.54. The Kier molecular flexibility index (Phi) is 6.52. The maximum atomic E-state index is 12.6. The van der Waals surface area contributed by atoms with E-state index in [2.05, 4.69) is 35.6 Å². The van der Waals surface area contributed by atoms with Crippen molar-refractivity contribution in [3.05, 3.63) is 107 Å². The summed E-state index contributed by atoms with van der Waals surface area (Å²) in [6.07, 6.45) is 0.825. The predicted octanol–water partition coefficient (Wildman–Crippen LogP) is 4.52. The first-order chi connectivity index (χ1) is 14.7. The lowest BCUT2D eigenvalue weighted by Crippen LogP contribution is -2.44. The van der Waals surface area contributed by atoms with Gasteiger partial charge in [-0.15, -0.1) is 0 Å². The lowest BCUT2D eigenvalue weighted by Gasteiger charge is -2.33. The monoisotopic (exact) mass is 416 g/mol. The van der Waals surface area contributed by atoms with Crippen LogP contribution in [0.4, 0.5) is 0 Å². The maximum absolute atomic E-state index is 12.6. The summed E-state index contributed by atoms with van der Waals surface area (Å²) >= 11 is 5.66. The molecule has 0 fully saturated rings. The van der Waals surface area contributed by atoms with Crippen LogP contribution in [0.25, 0.3) is 0 Å². The van der Waals surface area contributed by atoms with Crippen molar-refractivity contribution in [3.63, 3.8) is 0 Å². The molecule has 0 aliphatic carbocycles. The van der Waals surface area contributed by atoms with E-state index in [0.29, 0.717) is 30.4 Å². The van der Waals surface area contributed by atoms with E-state index in [1.807, 2.05) is 47.4 Å². The molecule has 1 aliphatic rings. The minimum Gasteiger partial charge on any atom is -0.371 e. The summed E-state index contributed by atoms with van der Waals surface area (Å²) in [6, 6.07) is 27.6. The first-order valence-corrected chi connectivity index (χ1v) is 10.5. The third kappa shape index (κ3) is 4.93. The first kappa shape index (κ1) is 20.3. The van der Waals surface area contributed by atoms with Crippen molar-refractivity contribution < 1.29 is 9.53 Å². The number of carbonyl (C=O) groups is 1. The Morgan fingerprint density at radius 3 is 2.40 bits per heavy atom. The van der Waals surface area contributed by atoms with Gasteiger partial charge in [0.1, 0.15) is 6.10 Å². The number of nitrogens with one attached hydrogen (secondary N) is 1. The van der Waals surface area contributed by atoms with Crippen molar-refractivity contribution >= 4 is 23.2 Å². The molecule has 0 bridgehead atoms. The van der Waals surface area contributed by atoms with Crippen LogP contribution in [0.1, 0.15) is 33.2 Å². The number of nitrogens with zero attached hydrogens (tertiary/aromatic N) is 1. The van der Waals surface area contributed by atoms with Crippen molar-refractivity contribution in [1.29, 1.82) is 0 Å². The number of benzene rings is 3. The summed E-state index contributed by atoms with van der Waals surface area (Å²) in [7, 11) is 0. The minimum absolute atomic E-state index is 0.0924. The standard InChI is InChI=1S/C25H24N2O2S/c28-24(21-12-5-2-6-13-21)26-25(30)27(17-19-9-3-1-4-10-19)18-23-22-14-8-7-11-20(22)15-16-29-23/h1-14,23H,15-18H2,(H,26,28,30)/t23-/m1/s1. The average Bonchev–Trinajstić information content (AvgIpc) is 2.80. The second-order valence-corrected chi connectivity index (χ2v) is 7.69. The van der Waals surface area contributed by atoms with E-state index in [4.69, 9.17) is 17.0 Å². The van der Waals surface area contributed by atoms with Crippen LogP contribution in [0.5, 0.6) is 0 Å². The van der Waals surface area contributed by atoms with E-state index in [-0.39, 0.29) is 12.0 Å². The molecule has 0 spiro atoms. The second kappa shape index (κ2) is 9.65. The molecular weight excluding hydrogens is 392 g/mol. The van der Waals surface area contributed by atoms with Crippen LogP contribution in [-0.2, 0) is 17.7 Å². The predicted molar refractivity (Wildman–Crippen MR) is 122 cm³/mol. The molecule has 0 aromatic heterocycles. The molecule has 0 saturated carbocycles. The average molecular weight is 417 g/mol. The summed E-state index contributed by atoms with van der Waals surface area (Å²) < 4.78 is 6.10. The van der Waals surface area contributed by atoms with Gasteiger partial charge in [-0.3, -0.25) is 10.1 Å². The third-order valence-corrected chi connectivity index (χ3v) is 5.60. The molecule has 1 aliphatic heterocycles. The molecule has 0 saturated heterocycles. The Morgan fingerprint density at radius 1 is 0.967 bits per heavy atom. The molecule has 5 heteroatoms. The van der Waals surface area contributed by atoms with Crippen LogP contribution in [-0.4, -0.2) is 29.1 Å². The number of amides is 1. The van der Waals surface area contributed by atoms with Gasteiger partial charge in [-0.05, 0) is 47.5 Å². The van der Waals surface area contributed by atoms with Crippen LogP contribution < -0.4 is 5.32 Å². The Labute approximate surface area is 182 Å². The van der Waals surface area contributed by atoms with Crippen molar-refractivity contribution in [2.75, 3.05) is 13.2 Å². The van der Waals surface area contributed by atoms with Gasteiger partial charge in [-0.25, -0.2) is 0 Å². The molecule has 3 aromatic rings. The topological polar surface area (TPSA) is 41.6 Å². The number of hydrogen-bond acceptors (Lipinski definition) is 3. The minimum atomic E-state index is -0.205. The fourth-order valence-corrected chi connectivity index (χ4v) is 3.92. The van der Waals surface area contributed by atoms with E-state index >= 15 is 0 Å².